The molecule has 0 saturated carbocycles. The molecule has 0 aliphatic rings. The quantitative estimate of drug-likeness (QED) is 0.449. The summed E-state index contributed by atoms with van der Waals surface area (Å²) in [6.45, 7) is 0. The van der Waals surface area contributed by atoms with E-state index in [1.54, 1.807) is 0 Å². The molecule has 20 heavy (non-hydrogen) atoms. The van der Waals surface area contributed by atoms with E-state index in [-0.39, 0.29) is 5.38 Å². The Hall–Kier alpha value is -1.02. The third-order valence-electron chi connectivity index (χ3n) is 3.33. The Morgan fingerprint density at radius 2 is 1.65 bits per heavy atom. The van der Waals surface area contributed by atoms with Crippen molar-refractivity contribution in [2.24, 2.45) is 0 Å². The van der Waals surface area contributed by atoms with E-state index in [2.05, 4.69) is 40.2 Å². The average molecular weight is 366 g/mol. The van der Waals surface area contributed by atoms with Crippen LogP contribution in [0.4, 0.5) is 0 Å². The van der Waals surface area contributed by atoms with Crippen LogP contribution in [0, 0.1) is 0 Å². The molecule has 0 amide bonds. The second-order valence-corrected chi connectivity index (χ2v) is 6.30. The van der Waals surface area contributed by atoms with E-state index in [0.29, 0.717) is 5.02 Å². The van der Waals surface area contributed by atoms with Crippen LogP contribution in [0.15, 0.2) is 65.1 Å². The first-order valence-corrected chi connectivity index (χ1v) is 7.84. The predicted octanol–water partition coefficient (Wildman–Crippen LogP) is 6.58. The third kappa shape index (κ3) is 2.58. The molecule has 100 valence electrons. The molecular formula is C17H11BrCl2. The number of hydrogen-bond acceptors (Lipinski definition) is 0. The van der Waals surface area contributed by atoms with Crippen LogP contribution < -0.4 is 0 Å². The Bertz CT molecular complexity index is 763. The molecule has 0 heterocycles. The summed E-state index contributed by atoms with van der Waals surface area (Å²) in [4.78, 5) is 0. The van der Waals surface area contributed by atoms with Gasteiger partial charge in [-0.3, -0.25) is 0 Å². The number of halogens is 3. The zero-order valence-corrected chi connectivity index (χ0v) is 13.6. The fourth-order valence-corrected chi connectivity index (χ4v) is 3.16. The zero-order valence-electron chi connectivity index (χ0n) is 10.5. The Labute approximate surface area is 136 Å². The van der Waals surface area contributed by atoms with Gasteiger partial charge in [0.15, 0.2) is 0 Å². The number of benzene rings is 3. The van der Waals surface area contributed by atoms with Crippen LogP contribution in [0.25, 0.3) is 10.8 Å². The van der Waals surface area contributed by atoms with Crippen molar-refractivity contribution in [3.63, 3.8) is 0 Å². The number of hydrogen-bond donors (Lipinski definition) is 0. The van der Waals surface area contributed by atoms with Gasteiger partial charge in [-0.15, -0.1) is 11.6 Å². The van der Waals surface area contributed by atoms with Crippen molar-refractivity contribution in [3.05, 3.63) is 81.3 Å². The molecule has 0 radical (unpaired) electrons. The minimum absolute atomic E-state index is 0.199. The lowest BCUT2D eigenvalue weighted by atomic mass is 9.98. The highest BCUT2D eigenvalue weighted by molar-refractivity contribution is 9.10. The van der Waals surface area contributed by atoms with E-state index in [9.17, 15) is 0 Å². The van der Waals surface area contributed by atoms with Crippen LogP contribution in [-0.2, 0) is 0 Å². The maximum atomic E-state index is 6.67. The first-order chi connectivity index (χ1) is 9.66. The van der Waals surface area contributed by atoms with E-state index in [0.717, 1.165) is 15.6 Å². The molecule has 0 aromatic heterocycles. The second-order valence-electron chi connectivity index (χ2n) is 4.60. The molecule has 0 spiro atoms. The van der Waals surface area contributed by atoms with Crippen molar-refractivity contribution in [2.45, 2.75) is 5.38 Å². The molecule has 0 nitrogen and oxygen atoms in total. The summed E-state index contributed by atoms with van der Waals surface area (Å²) in [5, 5.41) is 2.87. The van der Waals surface area contributed by atoms with Gasteiger partial charge in [0.25, 0.3) is 0 Å². The van der Waals surface area contributed by atoms with Crippen LogP contribution in [0.5, 0.6) is 0 Å². The van der Waals surface area contributed by atoms with Crippen LogP contribution in [0.3, 0.4) is 0 Å². The lowest BCUT2D eigenvalue weighted by Gasteiger charge is -2.14. The van der Waals surface area contributed by atoms with E-state index in [1.165, 1.54) is 10.8 Å². The molecule has 3 rings (SSSR count). The summed E-state index contributed by atoms with van der Waals surface area (Å²) < 4.78 is 0.863. The smallest absolute Gasteiger partial charge is 0.0841 e. The van der Waals surface area contributed by atoms with Gasteiger partial charge in [0.2, 0.25) is 0 Å². The largest absolute Gasteiger partial charge is 0.113 e. The Morgan fingerprint density at radius 3 is 2.45 bits per heavy atom. The first-order valence-electron chi connectivity index (χ1n) is 6.23. The summed E-state index contributed by atoms with van der Waals surface area (Å²) in [5.74, 6) is 0. The van der Waals surface area contributed by atoms with Crippen molar-refractivity contribution in [1.82, 2.24) is 0 Å². The molecule has 0 bridgehead atoms. The predicted molar refractivity (Wildman–Crippen MR) is 90.8 cm³/mol. The third-order valence-corrected chi connectivity index (χ3v) is 5.03. The number of fused-ring (bicyclic) bond motifs is 1. The van der Waals surface area contributed by atoms with Gasteiger partial charge in [-0.05, 0) is 50.0 Å². The zero-order chi connectivity index (χ0) is 14.1. The van der Waals surface area contributed by atoms with Crippen LogP contribution >= 0.6 is 39.1 Å². The number of alkyl halides is 1. The van der Waals surface area contributed by atoms with E-state index < -0.39 is 0 Å². The van der Waals surface area contributed by atoms with Crippen LogP contribution in [0.1, 0.15) is 16.5 Å². The maximum absolute atomic E-state index is 6.67. The standard InChI is InChI=1S/C17H11BrCl2/c18-15-10-12(8-9-16(15)19)17(20)14-7-3-5-11-4-1-2-6-13(11)14/h1-10,17H. The van der Waals surface area contributed by atoms with Gasteiger partial charge < -0.3 is 0 Å². The van der Waals surface area contributed by atoms with Gasteiger partial charge in [0.1, 0.15) is 0 Å². The van der Waals surface area contributed by atoms with Crippen LogP contribution in [-0.4, -0.2) is 0 Å². The van der Waals surface area contributed by atoms with Crippen molar-refractivity contribution in [3.8, 4) is 0 Å². The van der Waals surface area contributed by atoms with Crippen molar-refractivity contribution in [1.29, 1.82) is 0 Å². The highest BCUT2D eigenvalue weighted by atomic mass is 79.9. The fourth-order valence-electron chi connectivity index (χ4n) is 2.32. The Morgan fingerprint density at radius 1 is 0.900 bits per heavy atom. The fraction of sp³-hybridized carbons (Fsp3) is 0.0588. The molecule has 0 N–H and O–H groups in total. The molecule has 1 atom stereocenters. The molecule has 3 aromatic carbocycles. The molecule has 0 aliphatic carbocycles. The number of rotatable bonds is 2. The highest BCUT2D eigenvalue weighted by Gasteiger charge is 2.14. The van der Waals surface area contributed by atoms with Gasteiger partial charge in [0.05, 0.1) is 10.4 Å². The summed E-state index contributed by atoms with van der Waals surface area (Å²) in [6, 6.07) is 20.3. The summed E-state index contributed by atoms with van der Waals surface area (Å²) in [6.07, 6.45) is 0. The molecule has 1 unspecified atom stereocenters. The minimum Gasteiger partial charge on any atom is -0.113 e. The summed E-state index contributed by atoms with van der Waals surface area (Å²) in [5.41, 5.74) is 2.14. The van der Waals surface area contributed by atoms with E-state index in [1.807, 2.05) is 36.4 Å². The monoisotopic (exact) mass is 364 g/mol. The Kier molecular flexibility index (Phi) is 4.02. The second kappa shape index (κ2) is 5.77. The molecular weight excluding hydrogens is 355 g/mol. The van der Waals surface area contributed by atoms with Crippen molar-refractivity contribution in [2.75, 3.05) is 0 Å². The lowest BCUT2D eigenvalue weighted by Crippen LogP contribution is -1.94. The van der Waals surface area contributed by atoms with E-state index >= 15 is 0 Å². The average Bonchev–Trinajstić information content (AvgIpc) is 2.49. The topological polar surface area (TPSA) is 0 Å². The van der Waals surface area contributed by atoms with Gasteiger partial charge in [0, 0.05) is 4.47 Å². The van der Waals surface area contributed by atoms with E-state index in [4.69, 9.17) is 23.2 Å². The molecule has 3 aromatic rings. The molecule has 0 fully saturated rings. The highest BCUT2D eigenvalue weighted by Crippen LogP contribution is 2.36. The normalized spacial score (nSPS) is 12.6. The summed E-state index contributed by atoms with van der Waals surface area (Å²) >= 11 is 16.2. The first kappa shape index (κ1) is 13.9. The molecule has 3 heteroatoms. The van der Waals surface area contributed by atoms with Gasteiger partial charge in [-0.25, -0.2) is 0 Å². The van der Waals surface area contributed by atoms with Crippen molar-refractivity contribution < 1.29 is 0 Å². The SMILES string of the molecule is Clc1ccc(C(Cl)c2cccc3ccccc23)cc1Br. The van der Waals surface area contributed by atoms with Gasteiger partial charge >= 0.3 is 0 Å². The van der Waals surface area contributed by atoms with Gasteiger partial charge in [-0.1, -0.05) is 60.1 Å². The summed E-state index contributed by atoms with van der Waals surface area (Å²) in [7, 11) is 0. The maximum Gasteiger partial charge on any atom is 0.0841 e. The molecule has 0 saturated heterocycles. The van der Waals surface area contributed by atoms with Crippen molar-refractivity contribution >= 4 is 49.9 Å². The Balaban J connectivity index is 2.12. The van der Waals surface area contributed by atoms with Crippen LogP contribution in [0.2, 0.25) is 5.02 Å². The lowest BCUT2D eigenvalue weighted by molar-refractivity contribution is 1.16. The van der Waals surface area contributed by atoms with Gasteiger partial charge in [-0.2, -0.15) is 0 Å². The minimum atomic E-state index is -0.199. The molecule has 0 aliphatic heterocycles.